The summed E-state index contributed by atoms with van der Waals surface area (Å²) < 4.78 is 41.4. The zero-order valence-corrected chi connectivity index (χ0v) is 19.5. The van der Waals surface area contributed by atoms with Crippen molar-refractivity contribution in [1.29, 1.82) is 0 Å². The van der Waals surface area contributed by atoms with Crippen molar-refractivity contribution in [2.24, 2.45) is 0 Å². The van der Waals surface area contributed by atoms with E-state index in [0.717, 1.165) is 41.0 Å². The first-order valence-corrected chi connectivity index (χ1v) is 12.9. The Labute approximate surface area is 188 Å². The van der Waals surface area contributed by atoms with E-state index in [1.165, 1.54) is 4.31 Å². The van der Waals surface area contributed by atoms with E-state index in [0.29, 0.717) is 37.8 Å². The van der Waals surface area contributed by atoms with Gasteiger partial charge in [-0.3, -0.25) is 0 Å². The molecule has 31 heavy (non-hydrogen) atoms. The Morgan fingerprint density at radius 2 is 2.03 bits per heavy atom. The van der Waals surface area contributed by atoms with E-state index < -0.39 is 10.0 Å². The van der Waals surface area contributed by atoms with Crippen LogP contribution in [0, 0.1) is 6.92 Å². The van der Waals surface area contributed by atoms with Gasteiger partial charge in [-0.25, -0.2) is 8.42 Å². The van der Waals surface area contributed by atoms with Crippen molar-refractivity contribution < 1.29 is 17.9 Å². The summed E-state index contributed by atoms with van der Waals surface area (Å²) >= 11 is 1.99. The Balaban J connectivity index is 1.53. The maximum atomic E-state index is 12.9. The van der Waals surface area contributed by atoms with Crippen LogP contribution in [0.25, 0.3) is 0 Å². The van der Waals surface area contributed by atoms with Crippen LogP contribution in [0.5, 0.6) is 5.75 Å². The van der Waals surface area contributed by atoms with Crippen LogP contribution < -0.4 is 16.0 Å². The smallest absolute Gasteiger partial charge is 0.256 e. The number of nitrogens with zero attached hydrogens (tertiary/aromatic N) is 3. The van der Waals surface area contributed by atoms with Crippen LogP contribution >= 0.6 is 23.1 Å². The van der Waals surface area contributed by atoms with Gasteiger partial charge in [0.2, 0.25) is 0 Å². The van der Waals surface area contributed by atoms with Gasteiger partial charge in [-0.2, -0.15) is 13.1 Å². The van der Waals surface area contributed by atoms with Crippen LogP contribution in [0.3, 0.4) is 0 Å². The SMILES string of the molecule is CC[C@@H](Nc1nsnc1Nc1csc(S(=O)(=O)N2CCNCC2)c1O)c1ccc(C)o1. The van der Waals surface area contributed by atoms with E-state index >= 15 is 0 Å². The molecule has 0 aliphatic carbocycles. The molecule has 10 nitrogen and oxygen atoms in total. The Morgan fingerprint density at radius 1 is 1.29 bits per heavy atom. The number of nitrogens with one attached hydrogen (secondary N) is 3. The molecule has 13 heteroatoms. The highest BCUT2D eigenvalue weighted by molar-refractivity contribution is 7.91. The van der Waals surface area contributed by atoms with Gasteiger partial charge in [0.1, 0.15) is 11.5 Å². The first kappa shape index (κ1) is 22.0. The predicted molar refractivity (Wildman–Crippen MR) is 121 cm³/mol. The summed E-state index contributed by atoms with van der Waals surface area (Å²) in [6.45, 7) is 5.83. The van der Waals surface area contributed by atoms with Gasteiger partial charge in [0.15, 0.2) is 21.6 Å². The van der Waals surface area contributed by atoms with Crippen LogP contribution in [-0.4, -0.2) is 52.8 Å². The molecule has 3 aromatic heterocycles. The fourth-order valence-corrected chi connectivity index (χ4v) is 6.57. The summed E-state index contributed by atoms with van der Waals surface area (Å²) in [6.07, 6.45) is 0.765. The summed E-state index contributed by atoms with van der Waals surface area (Å²) in [5.74, 6) is 2.22. The summed E-state index contributed by atoms with van der Waals surface area (Å²) in [4.78, 5) is 0. The molecule has 4 N–H and O–H groups in total. The lowest BCUT2D eigenvalue weighted by molar-refractivity contribution is 0.359. The highest BCUT2D eigenvalue weighted by Gasteiger charge is 2.31. The highest BCUT2D eigenvalue weighted by Crippen LogP contribution is 2.41. The van der Waals surface area contributed by atoms with Crippen molar-refractivity contribution in [1.82, 2.24) is 18.4 Å². The molecule has 4 heterocycles. The number of rotatable bonds is 8. The molecule has 1 aliphatic heterocycles. The Morgan fingerprint density at radius 3 is 2.71 bits per heavy atom. The lowest BCUT2D eigenvalue weighted by Crippen LogP contribution is -2.46. The minimum Gasteiger partial charge on any atom is -0.504 e. The second kappa shape index (κ2) is 9.12. The molecule has 168 valence electrons. The molecule has 0 unspecified atom stereocenters. The van der Waals surface area contributed by atoms with Gasteiger partial charge in [0.25, 0.3) is 10.0 Å². The van der Waals surface area contributed by atoms with Crippen molar-refractivity contribution in [2.45, 2.75) is 30.5 Å². The molecule has 0 spiro atoms. The van der Waals surface area contributed by atoms with Gasteiger partial charge >= 0.3 is 0 Å². The molecule has 4 rings (SSSR count). The maximum Gasteiger partial charge on any atom is 0.256 e. The Kier molecular flexibility index (Phi) is 6.48. The third kappa shape index (κ3) is 4.55. The average Bonchev–Trinajstić information content (AvgIpc) is 3.48. The van der Waals surface area contributed by atoms with Crippen molar-refractivity contribution in [3.63, 3.8) is 0 Å². The molecule has 0 bridgehead atoms. The fraction of sp³-hybridized carbons (Fsp3) is 0.444. The fourth-order valence-electron chi connectivity index (χ4n) is 3.28. The highest BCUT2D eigenvalue weighted by atomic mass is 32.2. The van der Waals surface area contributed by atoms with Gasteiger partial charge < -0.3 is 25.5 Å². The number of furan rings is 1. The van der Waals surface area contributed by atoms with Gasteiger partial charge in [-0.05, 0) is 25.5 Å². The molecule has 0 amide bonds. The molecular weight excluding hydrogens is 460 g/mol. The van der Waals surface area contributed by atoms with Crippen molar-refractivity contribution in [2.75, 3.05) is 36.8 Å². The number of hydrogen-bond acceptors (Lipinski definition) is 11. The molecule has 0 saturated carbocycles. The van der Waals surface area contributed by atoms with E-state index in [1.54, 1.807) is 5.38 Å². The number of thiophene rings is 1. The zero-order valence-electron chi connectivity index (χ0n) is 17.1. The zero-order chi connectivity index (χ0) is 22.0. The molecule has 1 atom stereocenters. The van der Waals surface area contributed by atoms with E-state index in [1.807, 2.05) is 26.0 Å². The van der Waals surface area contributed by atoms with E-state index in [2.05, 4.69) is 24.7 Å². The number of anilines is 3. The predicted octanol–water partition coefficient (Wildman–Crippen LogP) is 3.11. The van der Waals surface area contributed by atoms with Gasteiger partial charge in [0, 0.05) is 31.6 Å². The van der Waals surface area contributed by atoms with Crippen LogP contribution in [0.2, 0.25) is 0 Å². The number of aromatic nitrogens is 2. The molecule has 1 saturated heterocycles. The van der Waals surface area contributed by atoms with E-state index in [9.17, 15) is 13.5 Å². The lowest BCUT2D eigenvalue weighted by Gasteiger charge is -2.26. The molecule has 0 aromatic carbocycles. The van der Waals surface area contributed by atoms with Gasteiger partial charge in [0.05, 0.1) is 23.5 Å². The summed E-state index contributed by atoms with van der Waals surface area (Å²) in [6, 6.07) is 3.72. The Hall–Kier alpha value is -2.19. The normalized spacial score (nSPS) is 16.3. The number of piperazine rings is 1. The summed E-state index contributed by atoms with van der Waals surface area (Å²) in [7, 11) is -3.76. The Bertz CT molecular complexity index is 1130. The second-order valence-electron chi connectivity index (χ2n) is 7.08. The third-order valence-electron chi connectivity index (χ3n) is 4.95. The van der Waals surface area contributed by atoms with E-state index in [4.69, 9.17) is 4.42 Å². The minimum absolute atomic E-state index is 0.0768. The standard InChI is InChI=1S/C18H24N6O4S3/c1-3-12(14-5-4-11(2)28-14)20-16-17(23-30-22-16)21-13-10-29-18(15(13)25)31(26,27)24-8-6-19-7-9-24/h4-5,10,12,19,25H,3,6-9H2,1-2H3,(H,20,22)(H,21,23)/t12-/m1/s1. The monoisotopic (exact) mass is 484 g/mol. The number of sulfonamides is 1. The lowest BCUT2D eigenvalue weighted by atomic mass is 10.2. The molecule has 3 aromatic rings. The number of hydrogen-bond donors (Lipinski definition) is 4. The van der Waals surface area contributed by atoms with E-state index in [-0.39, 0.29) is 21.7 Å². The van der Waals surface area contributed by atoms with Crippen molar-refractivity contribution in [3.05, 3.63) is 29.0 Å². The molecule has 1 fully saturated rings. The van der Waals surface area contributed by atoms with Crippen molar-refractivity contribution in [3.8, 4) is 5.75 Å². The van der Waals surface area contributed by atoms with Gasteiger partial charge in [-0.1, -0.05) is 6.92 Å². The summed E-state index contributed by atoms with van der Waals surface area (Å²) in [5.41, 5.74) is 0.274. The first-order valence-electron chi connectivity index (χ1n) is 9.84. The third-order valence-corrected chi connectivity index (χ3v) is 8.86. The minimum atomic E-state index is -3.76. The topological polar surface area (TPSA) is 133 Å². The quantitative estimate of drug-likeness (QED) is 0.381. The van der Waals surface area contributed by atoms with Crippen LogP contribution in [0.15, 0.2) is 26.1 Å². The van der Waals surface area contributed by atoms with Crippen molar-refractivity contribution >= 4 is 50.4 Å². The molecule has 1 aliphatic rings. The summed E-state index contributed by atoms with van der Waals surface area (Å²) in [5, 5.41) is 21.6. The molecular formula is C18H24N6O4S3. The number of aryl methyl sites for hydroxylation is 1. The first-order chi connectivity index (χ1) is 14.9. The molecule has 0 radical (unpaired) electrons. The van der Waals surface area contributed by atoms with Crippen LogP contribution in [0.1, 0.15) is 30.9 Å². The maximum absolute atomic E-state index is 12.9. The second-order valence-corrected chi connectivity index (χ2v) is 10.6. The van der Waals surface area contributed by atoms with Crippen LogP contribution in [0.4, 0.5) is 17.3 Å². The van der Waals surface area contributed by atoms with Crippen LogP contribution in [-0.2, 0) is 10.0 Å². The number of aromatic hydroxyl groups is 1. The average molecular weight is 485 g/mol. The largest absolute Gasteiger partial charge is 0.504 e. The van der Waals surface area contributed by atoms with Gasteiger partial charge in [-0.15, -0.1) is 11.3 Å².